The SMILES string of the molecule is COC1=NC=CCC1c1cnn2c(C3CCCN(Cc4ccccc4)C3)ccnc12. The average molecular weight is 402 g/mol. The molecule has 5 rings (SSSR count). The van der Waals surface area contributed by atoms with Gasteiger partial charge < -0.3 is 4.74 Å². The summed E-state index contributed by atoms with van der Waals surface area (Å²) in [6, 6.07) is 12.9. The highest BCUT2D eigenvalue weighted by Crippen LogP contribution is 2.32. The molecule has 2 aliphatic rings. The van der Waals surface area contributed by atoms with Crippen molar-refractivity contribution >= 4 is 11.5 Å². The molecule has 0 saturated carbocycles. The van der Waals surface area contributed by atoms with E-state index in [4.69, 9.17) is 9.84 Å². The maximum atomic E-state index is 5.52. The van der Waals surface area contributed by atoms with E-state index in [2.05, 4.69) is 57.4 Å². The van der Waals surface area contributed by atoms with Crippen LogP contribution in [0.2, 0.25) is 0 Å². The molecule has 0 radical (unpaired) electrons. The number of methoxy groups -OCH3 is 1. The Kier molecular flexibility index (Phi) is 5.32. The van der Waals surface area contributed by atoms with Crippen LogP contribution in [0.3, 0.4) is 0 Å². The van der Waals surface area contributed by atoms with Crippen LogP contribution in [0.1, 0.15) is 47.9 Å². The Morgan fingerprint density at radius 1 is 1.17 bits per heavy atom. The fourth-order valence-corrected chi connectivity index (χ4v) is 4.73. The number of aromatic nitrogens is 3. The van der Waals surface area contributed by atoms with Crippen molar-refractivity contribution in [1.29, 1.82) is 0 Å². The molecule has 0 N–H and O–H groups in total. The topological polar surface area (TPSA) is 55.0 Å². The van der Waals surface area contributed by atoms with Gasteiger partial charge in [-0.2, -0.15) is 5.10 Å². The lowest BCUT2D eigenvalue weighted by Gasteiger charge is -2.33. The minimum Gasteiger partial charge on any atom is -0.484 e. The molecule has 1 fully saturated rings. The molecule has 0 aliphatic carbocycles. The van der Waals surface area contributed by atoms with Crippen molar-refractivity contribution < 1.29 is 4.74 Å². The second-order valence-electron chi connectivity index (χ2n) is 8.11. The van der Waals surface area contributed by atoms with Crippen LogP contribution in [0.4, 0.5) is 0 Å². The Balaban J connectivity index is 1.41. The van der Waals surface area contributed by atoms with Crippen LogP contribution in [-0.4, -0.2) is 45.6 Å². The zero-order valence-corrected chi connectivity index (χ0v) is 17.3. The number of piperidine rings is 1. The van der Waals surface area contributed by atoms with E-state index in [-0.39, 0.29) is 5.92 Å². The molecular weight excluding hydrogens is 374 g/mol. The van der Waals surface area contributed by atoms with Gasteiger partial charge in [-0.3, -0.25) is 4.90 Å². The summed E-state index contributed by atoms with van der Waals surface area (Å²) in [7, 11) is 1.68. The first-order valence-electron chi connectivity index (χ1n) is 10.7. The summed E-state index contributed by atoms with van der Waals surface area (Å²) in [5.41, 5.74) is 4.61. The van der Waals surface area contributed by atoms with Gasteiger partial charge in [-0.15, -0.1) is 0 Å². The molecule has 1 saturated heterocycles. The third-order valence-corrected chi connectivity index (χ3v) is 6.19. The minimum atomic E-state index is 0.0705. The fourth-order valence-electron chi connectivity index (χ4n) is 4.73. The number of aliphatic imine (C=N–C) groups is 1. The maximum absolute atomic E-state index is 5.52. The van der Waals surface area contributed by atoms with Gasteiger partial charge in [-0.25, -0.2) is 14.5 Å². The molecule has 2 atom stereocenters. The van der Waals surface area contributed by atoms with Gasteiger partial charge in [-0.1, -0.05) is 36.4 Å². The molecule has 0 spiro atoms. The normalized spacial score (nSPS) is 22.2. The quantitative estimate of drug-likeness (QED) is 0.659. The summed E-state index contributed by atoms with van der Waals surface area (Å²) in [5.74, 6) is 1.25. The summed E-state index contributed by atoms with van der Waals surface area (Å²) in [4.78, 5) is 11.6. The zero-order chi connectivity index (χ0) is 20.3. The van der Waals surface area contributed by atoms with Gasteiger partial charge in [0.25, 0.3) is 0 Å². The first-order chi connectivity index (χ1) is 14.8. The van der Waals surface area contributed by atoms with Gasteiger partial charge in [0, 0.05) is 37.0 Å². The molecule has 2 aliphatic heterocycles. The molecule has 4 heterocycles. The first-order valence-corrected chi connectivity index (χ1v) is 10.7. The van der Waals surface area contributed by atoms with E-state index in [9.17, 15) is 0 Å². The van der Waals surface area contributed by atoms with E-state index in [0.717, 1.165) is 43.2 Å². The third-order valence-electron chi connectivity index (χ3n) is 6.19. The molecule has 0 amide bonds. The van der Waals surface area contributed by atoms with Crippen LogP contribution in [0, 0.1) is 0 Å². The lowest BCUT2D eigenvalue weighted by molar-refractivity contribution is 0.197. The highest BCUT2D eigenvalue weighted by molar-refractivity contribution is 5.86. The highest BCUT2D eigenvalue weighted by atomic mass is 16.5. The molecule has 6 nitrogen and oxygen atoms in total. The number of allylic oxidation sites excluding steroid dienone is 1. The summed E-state index contributed by atoms with van der Waals surface area (Å²) < 4.78 is 7.56. The number of fused-ring (bicyclic) bond motifs is 1. The molecule has 2 unspecified atom stereocenters. The summed E-state index contributed by atoms with van der Waals surface area (Å²) in [6.07, 6.45) is 11.0. The van der Waals surface area contributed by atoms with Crippen LogP contribution in [0.15, 0.2) is 66.1 Å². The molecule has 30 heavy (non-hydrogen) atoms. The van der Waals surface area contributed by atoms with Crippen molar-refractivity contribution in [3.8, 4) is 0 Å². The number of likely N-dealkylation sites (tertiary alicyclic amines) is 1. The van der Waals surface area contributed by atoms with Gasteiger partial charge in [0.1, 0.15) is 0 Å². The smallest absolute Gasteiger partial charge is 0.195 e. The van der Waals surface area contributed by atoms with Crippen LogP contribution in [-0.2, 0) is 11.3 Å². The van der Waals surface area contributed by atoms with Crippen molar-refractivity contribution in [2.45, 2.75) is 37.6 Å². The van der Waals surface area contributed by atoms with Crippen molar-refractivity contribution in [3.63, 3.8) is 0 Å². The number of benzene rings is 1. The van der Waals surface area contributed by atoms with Crippen LogP contribution in [0.5, 0.6) is 0 Å². The number of ether oxygens (including phenoxy) is 1. The Labute approximate surface area is 176 Å². The third kappa shape index (κ3) is 3.63. The summed E-state index contributed by atoms with van der Waals surface area (Å²) in [5, 5.41) is 4.75. The number of hydrogen-bond acceptors (Lipinski definition) is 5. The number of rotatable bonds is 4. The van der Waals surface area contributed by atoms with E-state index in [1.807, 2.05) is 23.1 Å². The average Bonchev–Trinajstić information content (AvgIpc) is 3.24. The fraction of sp³-hybridized carbons (Fsp3) is 0.375. The highest BCUT2D eigenvalue weighted by Gasteiger charge is 2.28. The minimum absolute atomic E-state index is 0.0705. The second kappa shape index (κ2) is 8.40. The second-order valence-corrected chi connectivity index (χ2v) is 8.11. The van der Waals surface area contributed by atoms with Gasteiger partial charge in [0.15, 0.2) is 11.5 Å². The Morgan fingerprint density at radius 3 is 2.93 bits per heavy atom. The van der Waals surface area contributed by atoms with Crippen LogP contribution in [0.25, 0.3) is 5.65 Å². The molecule has 154 valence electrons. The molecule has 0 bridgehead atoms. The Hall–Kier alpha value is -2.99. The van der Waals surface area contributed by atoms with E-state index in [1.165, 1.54) is 24.1 Å². The van der Waals surface area contributed by atoms with Gasteiger partial charge in [-0.05, 0) is 37.4 Å². The van der Waals surface area contributed by atoms with Gasteiger partial charge in [0.2, 0.25) is 0 Å². The summed E-state index contributed by atoms with van der Waals surface area (Å²) in [6.45, 7) is 3.18. The Bertz CT molecular complexity index is 1070. The Morgan fingerprint density at radius 2 is 2.07 bits per heavy atom. The molecule has 6 heteroatoms. The predicted molar refractivity (Wildman–Crippen MR) is 118 cm³/mol. The van der Waals surface area contributed by atoms with E-state index in [0.29, 0.717) is 5.92 Å². The molecule has 3 aromatic rings. The number of hydrogen-bond donors (Lipinski definition) is 0. The molecular formula is C24H27N5O. The van der Waals surface area contributed by atoms with E-state index in [1.54, 1.807) is 7.11 Å². The van der Waals surface area contributed by atoms with Gasteiger partial charge >= 0.3 is 0 Å². The van der Waals surface area contributed by atoms with E-state index >= 15 is 0 Å². The lowest BCUT2D eigenvalue weighted by Crippen LogP contribution is -2.34. The van der Waals surface area contributed by atoms with E-state index < -0.39 is 0 Å². The van der Waals surface area contributed by atoms with Crippen LogP contribution >= 0.6 is 0 Å². The lowest BCUT2D eigenvalue weighted by atomic mass is 9.93. The predicted octanol–water partition coefficient (Wildman–Crippen LogP) is 4.15. The molecule has 2 aromatic heterocycles. The molecule has 1 aromatic carbocycles. The monoisotopic (exact) mass is 401 g/mol. The van der Waals surface area contributed by atoms with Crippen molar-refractivity contribution in [1.82, 2.24) is 19.5 Å². The first kappa shape index (κ1) is 19.0. The standard InChI is InChI=1S/C24H27N5O/c1-30-24-20(10-5-12-26-24)21-15-27-29-22(11-13-25-23(21)29)19-9-6-14-28(17-19)16-18-7-3-2-4-8-18/h2-5,7-8,11-13,15,19-20H,6,9-10,14,16-17H2,1H3. The van der Waals surface area contributed by atoms with Crippen molar-refractivity contribution in [2.75, 3.05) is 20.2 Å². The number of nitrogens with zero attached hydrogens (tertiary/aromatic N) is 5. The summed E-state index contributed by atoms with van der Waals surface area (Å²) >= 11 is 0. The largest absolute Gasteiger partial charge is 0.484 e. The van der Waals surface area contributed by atoms with Crippen LogP contribution < -0.4 is 0 Å². The zero-order valence-electron chi connectivity index (χ0n) is 17.3. The maximum Gasteiger partial charge on any atom is 0.195 e. The van der Waals surface area contributed by atoms with Crippen molar-refractivity contribution in [3.05, 3.63) is 77.9 Å². The van der Waals surface area contributed by atoms with Crippen molar-refractivity contribution in [2.24, 2.45) is 4.99 Å². The van der Waals surface area contributed by atoms with Gasteiger partial charge in [0.05, 0.1) is 24.9 Å².